The van der Waals surface area contributed by atoms with Gasteiger partial charge >= 0.3 is 5.97 Å². The Morgan fingerprint density at radius 2 is 1.95 bits per heavy atom. The monoisotopic (exact) mass is 303 g/mol. The SMILES string of the molecule is C[C@@H](OC(=O)COc1ccccc1)C(=O)NCc1ccco1. The number of ether oxygens (including phenoxy) is 2. The van der Waals surface area contributed by atoms with Gasteiger partial charge in [0.15, 0.2) is 12.7 Å². The highest BCUT2D eigenvalue weighted by Gasteiger charge is 2.18. The second kappa shape index (κ2) is 7.87. The van der Waals surface area contributed by atoms with Crippen LogP contribution in [0.1, 0.15) is 12.7 Å². The van der Waals surface area contributed by atoms with Crippen LogP contribution in [0.2, 0.25) is 0 Å². The van der Waals surface area contributed by atoms with Gasteiger partial charge in [-0.15, -0.1) is 0 Å². The van der Waals surface area contributed by atoms with Crippen molar-refractivity contribution in [2.75, 3.05) is 6.61 Å². The maximum Gasteiger partial charge on any atom is 0.344 e. The standard InChI is InChI=1S/C16H17NO5/c1-12(16(19)17-10-14-8-5-9-20-14)22-15(18)11-21-13-6-3-2-4-7-13/h2-9,12H,10-11H2,1H3,(H,17,19)/t12-/m1/s1. The van der Waals surface area contributed by atoms with Crippen molar-refractivity contribution >= 4 is 11.9 Å². The lowest BCUT2D eigenvalue weighted by Gasteiger charge is -2.13. The molecule has 0 saturated carbocycles. The fraction of sp³-hybridized carbons (Fsp3) is 0.250. The first-order valence-corrected chi connectivity index (χ1v) is 6.82. The molecular weight excluding hydrogens is 286 g/mol. The van der Waals surface area contributed by atoms with Crippen molar-refractivity contribution in [1.29, 1.82) is 0 Å². The lowest BCUT2D eigenvalue weighted by atomic mass is 10.3. The molecule has 2 rings (SSSR count). The van der Waals surface area contributed by atoms with Gasteiger partial charge in [-0.2, -0.15) is 0 Å². The maximum atomic E-state index is 11.8. The van der Waals surface area contributed by atoms with E-state index in [1.54, 1.807) is 36.4 Å². The van der Waals surface area contributed by atoms with Crippen molar-refractivity contribution in [3.05, 3.63) is 54.5 Å². The summed E-state index contributed by atoms with van der Waals surface area (Å²) in [5.41, 5.74) is 0. The van der Waals surface area contributed by atoms with Crippen LogP contribution in [0, 0.1) is 0 Å². The largest absolute Gasteiger partial charge is 0.482 e. The lowest BCUT2D eigenvalue weighted by Crippen LogP contribution is -2.36. The number of amides is 1. The summed E-state index contributed by atoms with van der Waals surface area (Å²) < 4.78 is 15.3. The molecule has 1 aromatic carbocycles. The fourth-order valence-corrected chi connectivity index (χ4v) is 1.67. The third-order valence-corrected chi connectivity index (χ3v) is 2.79. The highest BCUT2D eigenvalue weighted by Crippen LogP contribution is 2.08. The van der Waals surface area contributed by atoms with Crippen LogP contribution in [0.5, 0.6) is 5.75 Å². The second-order valence-corrected chi connectivity index (χ2v) is 4.53. The Balaban J connectivity index is 1.70. The van der Waals surface area contributed by atoms with E-state index in [2.05, 4.69) is 5.32 Å². The van der Waals surface area contributed by atoms with Gasteiger partial charge in [-0.3, -0.25) is 4.79 Å². The molecule has 1 atom stereocenters. The van der Waals surface area contributed by atoms with Crippen molar-refractivity contribution in [3.8, 4) is 5.75 Å². The van der Waals surface area contributed by atoms with E-state index in [0.29, 0.717) is 11.5 Å². The lowest BCUT2D eigenvalue weighted by molar-refractivity contribution is -0.156. The summed E-state index contributed by atoms with van der Waals surface area (Å²) in [5.74, 6) is 0.183. The zero-order chi connectivity index (χ0) is 15.8. The van der Waals surface area contributed by atoms with E-state index in [1.165, 1.54) is 13.2 Å². The number of nitrogens with one attached hydrogen (secondary N) is 1. The number of furan rings is 1. The molecule has 1 aromatic heterocycles. The molecule has 1 amide bonds. The van der Waals surface area contributed by atoms with Gasteiger partial charge in [0.25, 0.3) is 5.91 Å². The van der Waals surface area contributed by atoms with Gasteiger partial charge in [0.1, 0.15) is 11.5 Å². The summed E-state index contributed by atoms with van der Waals surface area (Å²) in [6.07, 6.45) is 0.619. The summed E-state index contributed by atoms with van der Waals surface area (Å²) in [4.78, 5) is 23.4. The molecular formula is C16H17NO5. The molecule has 116 valence electrons. The van der Waals surface area contributed by atoms with Crippen molar-refractivity contribution in [2.24, 2.45) is 0 Å². The van der Waals surface area contributed by atoms with E-state index in [0.717, 1.165) is 0 Å². The topological polar surface area (TPSA) is 77.8 Å². The first-order chi connectivity index (χ1) is 10.6. The van der Waals surface area contributed by atoms with Crippen LogP contribution >= 0.6 is 0 Å². The number of carbonyl (C=O) groups is 2. The minimum atomic E-state index is -0.901. The van der Waals surface area contributed by atoms with Gasteiger partial charge in [-0.1, -0.05) is 18.2 Å². The summed E-state index contributed by atoms with van der Waals surface area (Å²) in [6.45, 7) is 1.49. The third kappa shape index (κ3) is 4.97. The van der Waals surface area contributed by atoms with E-state index in [1.807, 2.05) is 6.07 Å². The zero-order valence-corrected chi connectivity index (χ0v) is 12.2. The number of hydrogen-bond acceptors (Lipinski definition) is 5. The average molecular weight is 303 g/mol. The maximum absolute atomic E-state index is 11.8. The van der Waals surface area contributed by atoms with Crippen LogP contribution < -0.4 is 10.1 Å². The average Bonchev–Trinajstić information content (AvgIpc) is 3.05. The van der Waals surface area contributed by atoms with Crippen LogP contribution in [0.15, 0.2) is 53.1 Å². The normalized spacial score (nSPS) is 11.5. The number of esters is 1. The van der Waals surface area contributed by atoms with Crippen molar-refractivity contribution < 1.29 is 23.5 Å². The molecule has 0 radical (unpaired) electrons. The summed E-state index contributed by atoms with van der Waals surface area (Å²) >= 11 is 0. The molecule has 0 saturated heterocycles. The predicted octanol–water partition coefficient (Wildman–Crippen LogP) is 1.91. The third-order valence-electron chi connectivity index (χ3n) is 2.79. The minimum absolute atomic E-state index is 0.244. The Kier molecular flexibility index (Phi) is 5.59. The molecule has 22 heavy (non-hydrogen) atoms. The molecule has 0 aliphatic carbocycles. The van der Waals surface area contributed by atoms with E-state index in [-0.39, 0.29) is 13.2 Å². The van der Waals surface area contributed by atoms with E-state index < -0.39 is 18.0 Å². The molecule has 0 bridgehead atoms. The Morgan fingerprint density at radius 1 is 1.18 bits per heavy atom. The van der Waals surface area contributed by atoms with Gasteiger partial charge in [-0.05, 0) is 31.2 Å². The Hall–Kier alpha value is -2.76. The van der Waals surface area contributed by atoms with Crippen molar-refractivity contribution in [1.82, 2.24) is 5.32 Å². The highest BCUT2D eigenvalue weighted by molar-refractivity contribution is 5.83. The summed E-state index contributed by atoms with van der Waals surface area (Å²) in [5, 5.41) is 2.61. The Morgan fingerprint density at radius 3 is 2.64 bits per heavy atom. The zero-order valence-electron chi connectivity index (χ0n) is 12.2. The number of rotatable bonds is 7. The number of benzene rings is 1. The Bertz CT molecular complexity index is 594. The molecule has 0 spiro atoms. The number of carbonyl (C=O) groups excluding carboxylic acids is 2. The second-order valence-electron chi connectivity index (χ2n) is 4.53. The molecule has 1 N–H and O–H groups in total. The van der Waals surface area contributed by atoms with Crippen LogP contribution in [0.3, 0.4) is 0 Å². The molecule has 0 unspecified atom stereocenters. The van der Waals surface area contributed by atoms with E-state index in [4.69, 9.17) is 13.9 Å². The molecule has 0 fully saturated rings. The van der Waals surface area contributed by atoms with E-state index >= 15 is 0 Å². The quantitative estimate of drug-likeness (QED) is 0.791. The minimum Gasteiger partial charge on any atom is -0.482 e. The summed E-state index contributed by atoms with van der Waals surface area (Å²) in [6, 6.07) is 12.4. The number of hydrogen-bond donors (Lipinski definition) is 1. The van der Waals surface area contributed by atoms with Gasteiger partial charge in [0, 0.05) is 0 Å². The van der Waals surface area contributed by atoms with Gasteiger partial charge in [0.05, 0.1) is 12.8 Å². The number of para-hydroxylation sites is 1. The van der Waals surface area contributed by atoms with Crippen LogP contribution in [-0.4, -0.2) is 24.6 Å². The molecule has 2 aromatic rings. The van der Waals surface area contributed by atoms with Gasteiger partial charge < -0.3 is 19.2 Å². The first kappa shape index (κ1) is 15.6. The molecule has 0 aliphatic rings. The predicted molar refractivity (Wildman–Crippen MR) is 78.0 cm³/mol. The van der Waals surface area contributed by atoms with Crippen molar-refractivity contribution in [2.45, 2.75) is 19.6 Å². The summed E-state index contributed by atoms with van der Waals surface area (Å²) in [7, 11) is 0. The molecule has 6 nitrogen and oxygen atoms in total. The van der Waals surface area contributed by atoms with Crippen molar-refractivity contribution in [3.63, 3.8) is 0 Å². The van der Waals surface area contributed by atoms with Crippen LogP contribution in [0.25, 0.3) is 0 Å². The Labute approximate surface area is 128 Å². The van der Waals surface area contributed by atoms with E-state index in [9.17, 15) is 9.59 Å². The first-order valence-electron chi connectivity index (χ1n) is 6.82. The fourth-order valence-electron chi connectivity index (χ4n) is 1.67. The molecule has 0 aliphatic heterocycles. The van der Waals surface area contributed by atoms with Crippen LogP contribution in [0.4, 0.5) is 0 Å². The molecule has 6 heteroatoms. The smallest absolute Gasteiger partial charge is 0.344 e. The molecule has 1 heterocycles. The van der Waals surface area contributed by atoms with Gasteiger partial charge in [-0.25, -0.2) is 4.79 Å². The van der Waals surface area contributed by atoms with Gasteiger partial charge in [0.2, 0.25) is 0 Å². The van der Waals surface area contributed by atoms with Crippen LogP contribution in [-0.2, 0) is 20.9 Å². The highest BCUT2D eigenvalue weighted by atomic mass is 16.6.